The number of rotatable bonds is 10. The molecule has 8 atom stereocenters. The Kier molecular flexibility index (Phi) is 8.48. The number of hydrogen-bond acceptors (Lipinski definition) is 5. The third-order valence-electron chi connectivity index (χ3n) is 8.26. The van der Waals surface area contributed by atoms with Crippen LogP contribution in [0, 0.1) is 17.8 Å². The average Bonchev–Trinajstić information content (AvgIpc) is 3.40. The summed E-state index contributed by atoms with van der Waals surface area (Å²) in [5, 5.41) is 10.5. The Bertz CT molecular complexity index is 904. The van der Waals surface area contributed by atoms with Gasteiger partial charge in [-0.3, -0.25) is 14.4 Å². The Morgan fingerprint density at radius 3 is 2.39 bits per heavy atom. The third kappa shape index (κ3) is 4.45. The summed E-state index contributed by atoms with van der Waals surface area (Å²) in [4.78, 5) is 47.0. The maximum atomic E-state index is 14.4. The lowest BCUT2D eigenvalue weighted by molar-refractivity contribution is -0.155. The number of likely N-dealkylation sites (tertiary alicyclic amines) is 1. The van der Waals surface area contributed by atoms with E-state index in [1.165, 1.54) is 0 Å². The number of alkyl halides is 1. The van der Waals surface area contributed by atoms with E-state index in [1.54, 1.807) is 33.9 Å². The van der Waals surface area contributed by atoms with E-state index >= 15 is 0 Å². The molecule has 202 valence electrons. The highest BCUT2D eigenvalue weighted by atomic mass is 79.9. The van der Waals surface area contributed by atoms with Crippen molar-refractivity contribution in [1.82, 2.24) is 14.7 Å². The zero-order chi connectivity index (χ0) is 27.2. The van der Waals surface area contributed by atoms with Crippen molar-refractivity contribution < 1.29 is 24.2 Å². The summed E-state index contributed by atoms with van der Waals surface area (Å²) in [5.41, 5.74) is -1.70. The molecule has 3 fully saturated rings. The van der Waals surface area contributed by atoms with Crippen LogP contribution in [0.25, 0.3) is 0 Å². The molecule has 1 N–H and O–H groups in total. The molecule has 0 radical (unpaired) electrons. The predicted molar refractivity (Wildman–Crippen MR) is 142 cm³/mol. The van der Waals surface area contributed by atoms with E-state index in [1.807, 2.05) is 34.6 Å². The lowest BCUT2D eigenvalue weighted by atomic mass is 9.70. The maximum Gasteiger partial charge on any atom is 0.249 e. The number of halogens is 1. The van der Waals surface area contributed by atoms with Crippen LogP contribution in [0.2, 0.25) is 0 Å². The number of amides is 3. The highest BCUT2D eigenvalue weighted by Gasteiger charge is 2.77. The SMILES string of the molecule is C=CCN(C)C(=O)[C@H]1[C@H]2C(=O)N([C@@H](CO)[C@@H](C)CC)C(C(=O)N(CC=C)C(C)(C)C)C23CC(Br)[C@@H]1O3. The number of fused-ring (bicyclic) bond motifs is 1. The van der Waals surface area contributed by atoms with Crippen molar-refractivity contribution in [3.05, 3.63) is 25.3 Å². The first kappa shape index (κ1) is 28.9. The van der Waals surface area contributed by atoms with Gasteiger partial charge >= 0.3 is 0 Å². The number of nitrogens with zero attached hydrogens (tertiary/aromatic N) is 3. The Morgan fingerprint density at radius 1 is 1.28 bits per heavy atom. The first-order valence-corrected chi connectivity index (χ1v) is 13.8. The van der Waals surface area contributed by atoms with E-state index in [9.17, 15) is 19.5 Å². The van der Waals surface area contributed by atoms with Gasteiger partial charge in [0.05, 0.1) is 30.6 Å². The summed E-state index contributed by atoms with van der Waals surface area (Å²) < 4.78 is 6.60. The Hall–Kier alpha value is -1.71. The fourth-order valence-corrected chi connectivity index (χ4v) is 7.25. The predicted octanol–water partition coefficient (Wildman–Crippen LogP) is 2.60. The van der Waals surface area contributed by atoms with Gasteiger partial charge in [-0.1, -0.05) is 48.4 Å². The molecule has 1 spiro atoms. The first-order valence-electron chi connectivity index (χ1n) is 12.8. The number of likely N-dealkylation sites (N-methyl/N-ethyl adjacent to an activating group) is 1. The Balaban J connectivity index is 2.19. The van der Waals surface area contributed by atoms with Crippen LogP contribution in [0.1, 0.15) is 47.5 Å². The molecule has 9 heteroatoms. The lowest BCUT2D eigenvalue weighted by Gasteiger charge is -2.44. The Morgan fingerprint density at radius 2 is 1.89 bits per heavy atom. The molecule has 36 heavy (non-hydrogen) atoms. The maximum absolute atomic E-state index is 14.4. The fraction of sp³-hybridized carbons (Fsp3) is 0.741. The molecule has 3 amide bonds. The van der Waals surface area contributed by atoms with Crippen LogP contribution in [-0.4, -0.2) is 98.4 Å². The molecular formula is C27H42BrN3O5. The molecule has 3 unspecified atom stereocenters. The molecular weight excluding hydrogens is 526 g/mol. The number of carbonyl (C=O) groups is 3. The molecule has 2 bridgehead atoms. The third-order valence-corrected chi connectivity index (χ3v) is 9.10. The van der Waals surface area contributed by atoms with Crippen molar-refractivity contribution in [1.29, 1.82) is 0 Å². The van der Waals surface area contributed by atoms with Gasteiger partial charge in [0.2, 0.25) is 17.7 Å². The van der Waals surface area contributed by atoms with E-state index in [0.717, 1.165) is 6.42 Å². The second-order valence-corrected chi connectivity index (χ2v) is 12.6. The van der Waals surface area contributed by atoms with Crippen LogP contribution in [0.15, 0.2) is 25.3 Å². The normalized spacial score (nSPS) is 32.7. The van der Waals surface area contributed by atoms with Gasteiger partial charge in [0.15, 0.2) is 0 Å². The van der Waals surface area contributed by atoms with Crippen molar-refractivity contribution in [2.24, 2.45) is 17.8 Å². The monoisotopic (exact) mass is 567 g/mol. The highest BCUT2D eigenvalue weighted by molar-refractivity contribution is 9.09. The van der Waals surface area contributed by atoms with Gasteiger partial charge in [-0.15, -0.1) is 13.2 Å². The summed E-state index contributed by atoms with van der Waals surface area (Å²) in [6.07, 6.45) is 3.95. The van der Waals surface area contributed by atoms with Crippen LogP contribution in [0.3, 0.4) is 0 Å². The molecule has 8 nitrogen and oxygen atoms in total. The second-order valence-electron chi connectivity index (χ2n) is 11.5. The molecule has 0 aromatic rings. The van der Waals surface area contributed by atoms with Crippen LogP contribution < -0.4 is 0 Å². The summed E-state index contributed by atoms with van der Waals surface area (Å²) in [5.74, 6) is -2.30. The minimum absolute atomic E-state index is 0.0541. The zero-order valence-electron chi connectivity index (χ0n) is 22.4. The van der Waals surface area contributed by atoms with Gasteiger partial charge in [0, 0.05) is 30.5 Å². The molecule has 3 saturated heterocycles. The average molecular weight is 569 g/mol. The van der Waals surface area contributed by atoms with Gasteiger partial charge in [-0.05, 0) is 33.1 Å². The number of aliphatic hydroxyl groups is 1. The molecule has 0 saturated carbocycles. The molecule has 3 heterocycles. The first-order chi connectivity index (χ1) is 16.8. The number of aliphatic hydroxyl groups excluding tert-OH is 1. The number of hydrogen-bond donors (Lipinski definition) is 1. The molecule has 3 aliphatic heterocycles. The summed E-state index contributed by atoms with van der Waals surface area (Å²) in [6.45, 7) is 17.7. The molecule has 0 aromatic heterocycles. The quantitative estimate of drug-likeness (QED) is 0.323. The van der Waals surface area contributed by atoms with Gasteiger partial charge in [-0.25, -0.2) is 0 Å². The van der Waals surface area contributed by atoms with Crippen LogP contribution in [0.5, 0.6) is 0 Å². The van der Waals surface area contributed by atoms with Crippen LogP contribution >= 0.6 is 15.9 Å². The second kappa shape index (κ2) is 10.6. The van der Waals surface area contributed by atoms with Gasteiger partial charge in [-0.2, -0.15) is 0 Å². The minimum atomic E-state index is -1.16. The largest absolute Gasteiger partial charge is 0.394 e. The molecule has 3 rings (SSSR count). The van der Waals surface area contributed by atoms with Crippen LogP contribution in [-0.2, 0) is 19.1 Å². The van der Waals surface area contributed by atoms with E-state index in [2.05, 4.69) is 29.1 Å². The van der Waals surface area contributed by atoms with Gasteiger partial charge < -0.3 is 24.5 Å². The van der Waals surface area contributed by atoms with E-state index < -0.39 is 41.2 Å². The Labute approximate surface area is 223 Å². The van der Waals surface area contributed by atoms with E-state index in [4.69, 9.17) is 4.74 Å². The molecule has 3 aliphatic rings. The standard InChI is InChI=1S/C27H42BrN3O5/c1-9-12-29(8)23(33)19-20-24(34)31(18(15-32)16(4)11-3)22(27(20)14-17(28)21(19)36-27)25(35)30(13-10-2)26(5,6)7/h9-10,16-22,32H,1-2,11-15H2,3-8H3/t16-,17?,18-,19-,20-,21-,22?,27?/m0/s1. The number of carbonyl (C=O) groups excluding carboxylic acids is 3. The smallest absolute Gasteiger partial charge is 0.249 e. The van der Waals surface area contributed by atoms with Gasteiger partial charge in [0.1, 0.15) is 11.6 Å². The minimum Gasteiger partial charge on any atom is -0.394 e. The molecule has 0 aromatic carbocycles. The number of ether oxygens (including phenoxy) is 1. The summed E-state index contributed by atoms with van der Waals surface area (Å²) >= 11 is 3.71. The van der Waals surface area contributed by atoms with Crippen molar-refractivity contribution >= 4 is 33.7 Å². The topological polar surface area (TPSA) is 90.4 Å². The van der Waals surface area contributed by atoms with E-state index in [-0.39, 0.29) is 35.1 Å². The highest BCUT2D eigenvalue weighted by Crippen LogP contribution is 2.61. The fourth-order valence-electron chi connectivity index (χ4n) is 6.31. The van der Waals surface area contributed by atoms with Crippen molar-refractivity contribution in [2.75, 3.05) is 26.7 Å². The summed E-state index contributed by atoms with van der Waals surface area (Å²) in [7, 11) is 1.69. The van der Waals surface area contributed by atoms with Gasteiger partial charge in [0.25, 0.3) is 0 Å². The van der Waals surface area contributed by atoms with Crippen molar-refractivity contribution in [3.8, 4) is 0 Å². The van der Waals surface area contributed by atoms with Crippen LogP contribution in [0.4, 0.5) is 0 Å². The van der Waals surface area contributed by atoms with E-state index in [0.29, 0.717) is 19.5 Å². The van der Waals surface area contributed by atoms with Crippen molar-refractivity contribution in [2.45, 2.75) is 81.6 Å². The summed E-state index contributed by atoms with van der Waals surface area (Å²) in [6, 6.07) is -1.52. The van der Waals surface area contributed by atoms with Crippen molar-refractivity contribution in [3.63, 3.8) is 0 Å². The lowest BCUT2D eigenvalue weighted by Crippen LogP contribution is -2.62. The molecule has 0 aliphatic carbocycles. The zero-order valence-corrected chi connectivity index (χ0v) is 24.0.